The molecule has 0 aromatic heterocycles. The maximum Gasteiger partial charge on any atom is 0.284 e. The molecule has 4 heteroatoms. The first-order valence-corrected chi connectivity index (χ1v) is 7.71. The third-order valence-electron chi connectivity index (χ3n) is 3.33. The summed E-state index contributed by atoms with van der Waals surface area (Å²) in [6.07, 6.45) is 1.86. The van der Waals surface area contributed by atoms with E-state index in [2.05, 4.69) is 4.99 Å². The lowest BCUT2D eigenvalue weighted by Crippen LogP contribution is -1.90. The number of ether oxygens (including phenoxy) is 1. The lowest BCUT2D eigenvalue weighted by molar-refractivity contribution is -0.113. The van der Waals surface area contributed by atoms with Crippen LogP contribution in [0.1, 0.15) is 16.7 Å². The van der Waals surface area contributed by atoms with Crippen LogP contribution in [-0.4, -0.2) is 18.1 Å². The topological polar surface area (TPSA) is 38.7 Å². The Morgan fingerprint density at radius 2 is 1.73 bits per heavy atom. The van der Waals surface area contributed by atoms with Crippen LogP contribution in [0.15, 0.2) is 58.4 Å². The zero-order valence-electron chi connectivity index (χ0n) is 12.4. The number of aliphatic imine (C=N–C) groups is 1. The molecule has 3 nitrogen and oxygen atoms in total. The van der Waals surface area contributed by atoms with Crippen LogP contribution in [0.25, 0.3) is 6.08 Å². The maximum absolute atomic E-state index is 12.1. The van der Waals surface area contributed by atoms with Gasteiger partial charge in [-0.1, -0.05) is 53.7 Å². The molecule has 0 radical (unpaired) electrons. The number of rotatable bonds is 3. The summed E-state index contributed by atoms with van der Waals surface area (Å²) >= 11 is 1.41. The molecule has 0 saturated heterocycles. The van der Waals surface area contributed by atoms with Gasteiger partial charge >= 0.3 is 0 Å². The Kier molecular flexibility index (Phi) is 4.11. The molecule has 110 valence electrons. The second-order valence-electron chi connectivity index (χ2n) is 4.97. The molecule has 22 heavy (non-hydrogen) atoms. The number of thioether (sulfide) groups is 1. The highest BCUT2D eigenvalue weighted by Gasteiger charge is 2.22. The number of nitrogens with zero attached hydrogens (tertiary/aromatic N) is 1. The van der Waals surface area contributed by atoms with Gasteiger partial charge in [0.2, 0.25) is 0 Å². The molecule has 0 aliphatic carbocycles. The number of carbonyl (C=O) groups is 1. The number of carbonyl (C=O) groups excluding carboxylic acids is 1. The molecule has 1 aliphatic rings. The summed E-state index contributed by atoms with van der Waals surface area (Å²) in [5.41, 5.74) is 3.12. The van der Waals surface area contributed by atoms with E-state index in [0.717, 1.165) is 21.9 Å². The minimum Gasteiger partial charge on any atom is -0.497 e. The highest BCUT2D eigenvalue weighted by atomic mass is 32.2. The van der Waals surface area contributed by atoms with Crippen LogP contribution in [-0.2, 0) is 4.79 Å². The summed E-state index contributed by atoms with van der Waals surface area (Å²) < 4.78 is 5.13. The van der Waals surface area contributed by atoms with Crippen molar-refractivity contribution in [1.29, 1.82) is 0 Å². The monoisotopic (exact) mass is 309 g/mol. The Morgan fingerprint density at radius 1 is 1.05 bits per heavy atom. The van der Waals surface area contributed by atoms with Crippen LogP contribution in [0.5, 0.6) is 5.75 Å². The highest BCUT2D eigenvalue weighted by Crippen LogP contribution is 2.32. The van der Waals surface area contributed by atoms with Crippen molar-refractivity contribution < 1.29 is 9.53 Å². The molecule has 0 atom stereocenters. The smallest absolute Gasteiger partial charge is 0.284 e. The number of hydrogen-bond acceptors (Lipinski definition) is 3. The highest BCUT2D eigenvalue weighted by molar-refractivity contribution is 8.19. The molecule has 2 aromatic carbocycles. The molecular formula is C18H15NO2S. The van der Waals surface area contributed by atoms with Crippen LogP contribution in [0, 0.1) is 6.92 Å². The average molecular weight is 309 g/mol. The van der Waals surface area contributed by atoms with Crippen LogP contribution in [0.4, 0.5) is 0 Å². The molecular weight excluding hydrogens is 294 g/mol. The van der Waals surface area contributed by atoms with Gasteiger partial charge in [0.25, 0.3) is 5.91 Å². The minimum absolute atomic E-state index is 0.184. The Bertz CT molecular complexity index is 759. The molecule has 0 fully saturated rings. The second-order valence-corrected chi connectivity index (χ2v) is 6.00. The normalized spacial score (nSPS) is 16.0. The van der Waals surface area contributed by atoms with Crippen LogP contribution in [0.2, 0.25) is 0 Å². The van der Waals surface area contributed by atoms with E-state index in [0.29, 0.717) is 4.91 Å². The fourth-order valence-electron chi connectivity index (χ4n) is 2.08. The molecule has 1 aliphatic heterocycles. The third-order valence-corrected chi connectivity index (χ3v) is 4.37. The van der Waals surface area contributed by atoms with Gasteiger partial charge in [-0.25, -0.2) is 4.99 Å². The van der Waals surface area contributed by atoms with E-state index in [1.165, 1.54) is 17.3 Å². The Balaban J connectivity index is 1.81. The van der Waals surface area contributed by atoms with E-state index in [9.17, 15) is 4.79 Å². The lowest BCUT2D eigenvalue weighted by atomic mass is 10.2. The van der Waals surface area contributed by atoms with Gasteiger partial charge in [0.15, 0.2) is 0 Å². The van der Waals surface area contributed by atoms with Gasteiger partial charge < -0.3 is 4.74 Å². The van der Waals surface area contributed by atoms with Gasteiger partial charge in [-0.3, -0.25) is 4.79 Å². The van der Waals surface area contributed by atoms with Crippen LogP contribution < -0.4 is 4.74 Å². The first-order chi connectivity index (χ1) is 10.7. The molecule has 0 bridgehead atoms. The van der Waals surface area contributed by atoms with E-state index in [4.69, 9.17) is 4.74 Å². The van der Waals surface area contributed by atoms with E-state index >= 15 is 0 Å². The lowest BCUT2D eigenvalue weighted by Gasteiger charge is -2.01. The number of methoxy groups -OCH3 is 1. The molecule has 2 aromatic rings. The summed E-state index contributed by atoms with van der Waals surface area (Å²) in [6.45, 7) is 2.04. The Labute approximate surface area is 133 Å². The number of amides is 1. The van der Waals surface area contributed by atoms with Gasteiger partial charge in [0.05, 0.1) is 12.0 Å². The van der Waals surface area contributed by atoms with E-state index in [1.54, 1.807) is 7.11 Å². The van der Waals surface area contributed by atoms with Crippen molar-refractivity contribution >= 4 is 28.8 Å². The number of benzene rings is 2. The van der Waals surface area contributed by atoms with Crippen molar-refractivity contribution in [1.82, 2.24) is 0 Å². The van der Waals surface area contributed by atoms with Crippen molar-refractivity contribution in [2.75, 3.05) is 7.11 Å². The van der Waals surface area contributed by atoms with Gasteiger partial charge in [-0.15, -0.1) is 0 Å². The largest absolute Gasteiger partial charge is 0.497 e. The van der Waals surface area contributed by atoms with Crippen molar-refractivity contribution in [2.45, 2.75) is 6.92 Å². The quantitative estimate of drug-likeness (QED) is 0.802. The molecule has 0 spiro atoms. The van der Waals surface area contributed by atoms with Crippen molar-refractivity contribution in [3.8, 4) is 5.75 Å². The second kappa shape index (κ2) is 6.20. The van der Waals surface area contributed by atoms with Crippen LogP contribution in [0.3, 0.4) is 0 Å². The first-order valence-electron chi connectivity index (χ1n) is 6.89. The first kappa shape index (κ1) is 14.6. The van der Waals surface area contributed by atoms with Gasteiger partial charge in [-0.05, 0) is 30.7 Å². The summed E-state index contributed by atoms with van der Waals surface area (Å²) in [6, 6.07) is 15.6. The van der Waals surface area contributed by atoms with Gasteiger partial charge in [-0.2, -0.15) is 0 Å². The van der Waals surface area contributed by atoms with Crippen molar-refractivity contribution in [3.05, 3.63) is 70.1 Å². The number of aryl methyl sites for hydroxylation is 1. The summed E-state index contributed by atoms with van der Waals surface area (Å²) in [5, 5.41) is 0.754. The zero-order valence-corrected chi connectivity index (χ0v) is 13.2. The average Bonchev–Trinajstić information content (AvgIpc) is 2.90. The zero-order chi connectivity index (χ0) is 15.5. The predicted octanol–water partition coefficient (Wildman–Crippen LogP) is 4.06. The van der Waals surface area contributed by atoms with Gasteiger partial charge in [0.1, 0.15) is 10.8 Å². The molecule has 1 heterocycles. The molecule has 0 saturated carbocycles. The van der Waals surface area contributed by atoms with Crippen molar-refractivity contribution in [2.24, 2.45) is 4.99 Å². The minimum atomic E-state index is -0.184. The molecule has 1 amide bonds. The summed E-state index contributed by atoms with van der Waals surface area (Å²) in [7, 11) is 1.63. The van der Waals surface area contributed by atoms with E-state index in [-0.39, 0.29) is 5.91 Å². The fourth-order valence-corrected chi connectivity index (χ4v) is 3.00. The van der Waals surface area contributed by atoms with Crippen LogP contribution >= 0.6 is 11.8 Å². The molecule has 3 rings (SSSR count). The maximum atomic E-state index is 12.1. The standard InChI is InChI=1S/C18H15NO2S/c1-12-3-7-14(8-4-12)18-19-17(20)16(22-18)11-13-5-9-15(21-2)10-6-13/h3-11H,1-2H3/b16-11+. The van der Waals surface area contributed by atoms with E-state index < -0.39 is 0 Å². The third kappa shape index (κ3) is 3.12. The SMILES string of the molecule is COc1ccc(/C=C2/SC(c3ccc(C)cc3)=NC2=O)cc1. The van der Waals surface area contributed by atoms with Crippen molar-refractivity contribution in [3.63, 3.8) is 0 Å². The van der Waals surface area contributed by atoms with Gasteiger partial charge in [0, 0.05) is 5.56 Å². The fraction of sp³-hybridized carbons (Fsp3) is 0.111. The Hall–Kier alpha value is -2.33. The Morgan fingerprint density at radius 3 is 2.36 bits per heavy atom. The summed E-state index contributed by atoms with van der Waals surface area (Å²) in [5.74, 6) is 0.612. The number of hydrogen-bond donors (Lipinski definition) is 0. The molecule has 0 N–H and O–H groups in total. The predicted molar refractivity (Wildman–Crippen MR) is 91.3 cm³/mol. The molecule has 0 unspecified atom stereocenters. The summed E-state index contributed by atoms with van der Waals surface area (Å²) in [4.78, 5) is 16.8. The van der Waals surface area contributed by atoms with E-state index in [1.807, 2.05) is 61.5 Å².